The van der Waals surface area contributed by atoms with Crippen molar-refractivity contribution in [2.75, 3.05) is 11.0 Å². The van der Waals surface area contributed by atoms with Crippen LogP contribution in [0.2, 0.25) is 0 Å². The Morgan fingerprint density at radius 3 is 2.12 bits per heavy atom. The molecule has 0 saturated carbocycles. The van der Waals surface area contributed by atoms with Gasteiger partial charge in [-0.2, -0.15) is 0 Å². The van der Waals surface area contributed by atoms with E-state index in [-0.39, 0.29) is 23.5 Å². The molecule has 150 valence electrons. The van der Waals surface area contributed by atoms with Crippen LogP contribution in [0, 0.1) is 11.3 Å². The van der Waals surface area contributed by atoms with Crippen molar-refractivity contribution in [2.24, 2.45) is 17.1 Å². The molecular weight excluding hydrogens is 451 g/mol. The summed E-state index contributed by atoms with van der Waals surface area (Å²) in [7, 11) is 0. The van der Waals surface area contributed by atoms with Crippen LogP contribution in [0.15, 0.2) is 0 Å². The van der Waals surface area contributed by atoms with Gasteiger partial charge in [0.15, 0.2) is 5.78 Å². The summed E-state index contributed by atoms with van der Waals surface area (Å²) in [6.07, 6.45) is 0.857. The van der Waals surface area contributed by atoms with E-state index in [1.807, 2.05) is 6.92 Å². The van der Waals surface area contributed by atoms with Crippen LogP contribution in [0.3, 0.4) is 0 Å². The first kappa shape index (κ1) is 24.6. The van der Waals surface area contributed by atoms with Crippen LogP contribution in [0.4, 0.5) is 4.79 Å². The average molecular weight is 482 g/mol. The van der Waals surface area contributed by atoms with Crippen molar-refractivity contribution in [3.05, 3.63) is 0 Å². The molecule has 0 aliphatic heterocycles. The molecule has 1 unspecified atom stereocenters. The second-order valence-electron chi connectivity index (χ2n) is 7.42. The summed E-state index contributed by atoms with van der Waals surface area (Å²) in [5, 5.41) is 7.90. The van der Waals surface area contributed by atoms with Gasteiger partial charge in [-0.25, -0.2) is 4.79 Å². The number of nitrogens with two attached hydrogens (primary N) is 1. The van der Waals surface area contributed by atoms with E-state index in [0.717, 1.165) is 0 Å². The molecule has 0 heterocycles. The fraction of sp³-hybridized carbons (Fsp3) is 0.765. The number of hydrogen-bond donors (Lipinski definition) is 4. The number of carbonyl (C=O) groups excluding carboxylic acids is 4. The quantitative estimate of drug-likeness (QED) is 0.211. The molecule has 0 aromatic heterocycles. The van der Waals surface area contributed by atoms with Gasteiger partial charge in [0.1, 0.15) is 6.04 Å². The van der Waals surface area contributed by atoms with E-state index >= 15 is 0 Å². The molecule has 4 amide bonds. The Hall–Kier alpha value is -1.39. The van der Waals surface area contributed by atoms with Crippen molar-refractivity contribution in [2.45, 2.75) is 59.5 Å². The number of rotatable bonds is 10. The highest BCUT2D eigenvalue weighted by molar-refractivity contribution is 14.1. The van der Waals surface area contributed by atoms with E-state index in [2.05, 4.69) is 38.5 Å². The number of carbonyl (C=O) groups is 4. The molecule has 5 N–H and O–H groups in total. The third kappa shape index (κ3) is 9.35. The summed E-state index contributed by atoms with van der Waals surface area (Å²) >= 11 is 2.15. The van der Waals surface area contributed by atoms with Gasteiger partial charge in [0.25, 0.3) is 0 Å². The van der Waals surface area contributed by atoms with Crippen molar-refractivity contribution < 1.29 is 19.2 Å². The monoisotopic (exact) mass is 482 g/mol. The number of amides is 4. The zero-order valence-electron chi connectivity index (χ0n) is 16.1. The number of primary amides is 1. The van der Waals surface area contributed by atoms with Crippen LogP contribution in [-0.4, -0.2) is 46.7 Å². The van der Waals surface area contributed by atoms with Gasteiger partial charge in [-0.15, -0.1) is 0 Å². The molecular formula is C17H31IN4O4. The molecule has 3 atom stereocenters. The fourth-order valence-corrected chi connectivity index (χ4v) is 2.85. The first-order valence-corrected chi connectivity index (χ1v) is 10.1. The Bertz CT molecular complexity index is 519. The van der Waals surface area contributed by atoms with Crippen molar-refractivity contribution in [3.63, 3.8) is 0 Å². The zero-order chi connectivity index (χ0) is 20.5. The lowest BCUT2D eigenvalue weighted by Gasteiger charge is -2.29. The highest BCUT2D eigenvalue weighted by atomic mass is 127. The first-order chi connectivity index (χ1) is 11.9. The maximum Gasteiger partial charge on any atom is 0.312 e. The number of hydrogen-bond acceptors (Lipinski definition) is 4. The summed E-state index contributed by atoms with van der Waals surface area (Å²) in [4.78, 5) is 47.6. The summed E-state index contributed by atoms with van der Waals surface area (Å²) in [5.74, 6) is -0.865. The second kappa shape index (κ2) is 11.3. The predicted octanol–water partition coefficient (Wildman–Crippen LogP) is 1.11. The van der Waals surface area contributed by atoms with Gasteiger partial charge in [-0.3, -0.25) is 14.4 Å². The van der Waals surface area contributed by atoms with Crippen molar-refractivity contribution in [1.82, 2.24) is 16.0 Å². The van der Waals surface area contributed by atoms with Gasteiger partial charge in [-0.1, -0.05) is 50.3 Å². The first-order valence-electron chi connectivity index (χ1n) is 8.61. The molecule has 0 radical (unpaired) electrons. The SMILES string of the molecule is CC(=O)N[C@H](C(=O)N[C@@H](CCCNC(N)=O)C(=O)C(C)(C)C)C(C)CI. The van der Waals surface area contributed by atoms with Gasteiger partial charge in [0, 0.05) is 23.3 Å². The standard InChI is InChI=1S/C17H31IN4O4/c1-10(9-18)13(21-11(2)23)15(25)22-12(14(24)17(3,4)5)7-6-8-20-16(19)26/h10,12-13H,6-9H2,1-5H3,(H,21,23)(H,22,25)(H3,19,20,26)/t10?,12-,13-/m0/s1. The molecule has 26 heavy (non-hydrogen) atoms. The van der Waals surface area contributed by atoms with Crippen molar-refractivity contribution in [3.8, 4) is 0 Å². The van der Waals surface area contributed by atoms with Crippen LogP contribution in [0.25, 0.3) is 0 Å². The van der Waals surface area contributed by atoms with Crippen molar-refractivity contribution >= 4 is 46.2 Å². The molecule has 0 aromatic rings. The van der Waals surface area contributed by atoms with Crippen LogP contribution in [0.1, 0.15) is 47.5 Å². The molecule has 0 saturated heterocycles. The third-order valence-electron chi connectivity index (χ3n) is 3.79. The second-order valence-corrected chi connectivity index (χ2v) is 8.30. The molecule has 9 heteroatoms. The fourth-order valence-electron chi connectivity index (χ4n) is 2.35. The molecule has 0 rings (SSSR count). The largest absolute Gasteiger partial charge is 0.352 e. The minimum absolute atomic E-state index is 0.0820. The Balaban J connectivity index is 5.16. The van der Waals surface area contributed by atoms with Crippen LogP contribution < -0.4 is 21.7 Å². The summed E-state index contributed by atoms with van der Waals surface area (Å²) in [6, 6.07) is -2.03. The number of ketones is 1. The molecule has 0 bridgehead atoms. The van der Waals surface area contributed by atoms with Gasteiger partial charge >= 0.3 is 6.03 Å². The molecule has 8 nitrogen and oxygen atoms in total. The van der Waals surface area contributed by atoms with Gasteiger partial charge in [-0.05, 0) is 18.8 Å². The predicted molar refractivity (Wildman–Crippen MR) is 109 cm³/mol. The number of urea groups is 1. The Kier molecular flexibility index (Phi) is 10.7. The van der Waals surface area contributed by atoms with E-state index in [9.17, 15) is 19.2 Å². The van der Waals surface area contributed by atoms with Crippen LogP contribution in [0.5, 0.6) is 0 Å². The lowest BCUT2D eigenvalue weighted by atomic mass is 9.84. The summed E-state index contributed by atoms with van der Waals surface area (Å²) in [6.45, 7) is 8.90. The van der Waals surface area contributed by atoms with Crippen LogP contribution in [-0.2, 0) is 14.4 Å². The number of alkyl halides is 1. The lowest BCUT2D eigenvalue weighted by molar-refractivity contribution is -0.134. The zero-order valence-corrected chi connectivity index (χ0v) is 18.3. The minimum Gasteiger partial charge on any atom is -0.352 e. The Labute approximate surface area is 168 Å². The highest BCUT2D eigenvalue weighted by Gasteiger charge is 2.33. The van der Waals surface area contributed by atoms with E-state index < -0.39 is 23.5 Å². The number of nitrogens with one attached hydrogen (secondary N) is 3. The molecule has 0 aliphatic carbocycles. The molecule has 0 aromatic carbocycles. The van der Waals surface area contributed by atoms with Crippen molar-refractivity contribution in [1.29, 1.82) is 0 Å². The molecule has 0 aliphatic rings. The Morgan fingerprint density at radius 1 is 1.12 bits per heavy atom. The third-order valence-corrected chi connectivity index (χ3v) is 5.18. The normalized spacial score (nSPS) is 14.7. The minimum atomic E-state index is -0.705. The van der Waals surface area contributed by atoms with E-state index in [1.54, 1.807) is 20.8 Å². The smallest absolute Gasteiger partial charge is 0.312 e. The van der Waals surface area contributed by atoms with E-state index in [1.165, 1.54) is 6.92 Å². The maximum absolute atomic E-state index is 12.7. The summed E-state index contributed by atoms with van der Waals surface area (Å²) < 4.78 is 0.677. The van der Waals surface area contributed by atoms with Gasteiger partial charge in [0.05, 0.1) is 6.04 Å². The number of halogens is 1. The molecule has 0 fully saturated rings. The van der Waals surface area contributed by atoms with E-state index in [0.29, 0.717) is 23.8 Å². The highest BCUT2D eigenvalue weighted by Crippen LogP contribution is 2.19. The Morgan fingerprint density at radius 2 is 1.69 bits per heavy atom. The average Bonchev–Trinajstić information content (AvgIpc) is 2.52. The lowest BCUT2D eigenvalue weighted by Crippen LogP contribution is -2.55. The van der Waals surface area contributed by atoms with Gasteiger partial charge in [0.2, 0.25) is 11.8 Å². The maximum atomic E-state index is 12.7. The summed E-state index contributed by atoms with van der Waals surface area (Å²) in [5.41, 5.74) is 4.39. The molecule has 0 spiro atoms. The van der Waals surface area contributed by atoms with E-state index in [4.69, 9.17) is 5.73 Å². The number of Topliss-reactive ketones (excluding diaryl/α,β-unsaturated/α-hetero) is 1. The van der Waals surface area contributed by atoms with Gasteiger partial charge < -0.3 is 21.7 Å². The topological polar surface area (TPSA) is 130 Å². The van der Waals surface area contributed by atoms with Crippen LogP contribution >= 0.6 is 22.6 Å².